The lowest BCUT2D eigenvalue weighted by Crippen LogP contribution is -2.35. The number of hydrogen-bond acceptors (Lipinski definition) is 5. The van der Waals surface area contributed by atoms with Crippen LogP contribution in [0.1, 0.15) is 22.8 Å². The summed E-state index contributed by atoms with van der Waals surface area (Å²) >= 11 is 12.2. The highest BCUT2D eigenvalue weighted by Gasteiger charge is 2.19. The van der Waals surface area contributed by atoms with E-state index in [2.05, 4.69) is 10.3 Å². The van der Waals surface area contributed by atoms with Gasteiger partial charge in [0.25, 0.3) is 5.91 Å². The fourth-order valence-corrected chi connectivity index (χ4v) is 3.46. The summed E-state index contributed by atoms with van der Waals surface area (Å²) in [4.78, 5) is 30.6. The Balaban J connectivity index is 1.67. The molecule has 0 spiro atoms. The van der Waals surface area contributed by atoms with Gasteiger partial charge in [0, 0.05) is 25.0 Å². The van der Waals surface area contributed by atoms with Crippen molar-refractivity contribution < 1.29 is 19.1 Å². The molecule has 0 radical (unpaired) electrons. The molecule has 0 aliphatic heterocycles. The van der Waals surface area contributed by atoms with E-state index in [1.165, 1.54) is 11.9 Å². The van der Waals surface area contributed by atoms with Crippen LogP contribution in [-0.2, 0) is 11.4 Å². The number of carbonyl (C=O) groups is 2. The maximum atomic E-state index is 12.9. The van der Waals surface area contributed by atoms with E-state index in [-0.39, 0.29) is 12.5 Å². The van der Waals surface area contributed by atoms with Gasteiger partial charge in [-0.05, 0) is 55.0 Å². The number of benzene rings is 2. The number of hydrogen-bond donors (Lipinski definition) is 1. The van der Waals surface area contributed by atoms with Crippen LogP contribution in [0.5, 0.6) is 11.5 Å². The van der Waals surface area contributed by atoms with Crippen molar-refractivity contribution in [1.29, 1.82) is 0 Å². The number of ether oxygens (including phenoxy) is 2. The molecule has 0 atom stereocenters. The molecule has 2 amide bonds. The quantitative estimate of drug-likeness (QED) is 0.455. The minimum Gasteiger partial charge on any atom is -0.490 e. The first-order valence-corrected chi connectivity index (χ1v) is 10.9. The third kappa shape index (κ3) is 6.60. The molecule has 2 aromatic carbocycles. The van der Waals surface area contributed by atoms with E-state index in [1.54, 1.807) is 48.8 Å². The number of rotatable bonds is 9. The standard InChI is InChI=1S/C24H23Cl2N3O4/c1-3-32-21-13-17(7-8-20(21)33-15-16-9-11-27-12-10-16)24(31)29(2)14-22(30)28-23-18(25)5-4-6-19(23)26/h4-13H,3,14-15H2,1-2H3,(H,28,30). The summed E-state index contributed by atoms with van der Waals surface area (Å²) in [5, 5.41) is 3.27. The van der Waals surface area contributed by atoms with Gasteiger partial charge in [-0.3, -0.25) is 14.6 Å². The van der Waals surface area contributed by atoms with Gasteiger partial charge in [0.2, 0.25) is 5.91 Å². The highest BCUT2D eigenvalue weighted by molar-refractivity contribution is 6.39. The molecule has 0 saturated carbocycles. The van der Waals surface area contributed by atoms with Crippen LogP contribution in [0.3, 0.4) is 0 Å². The van der Waals surface area contributed by atoms with Crippen LogP contribution in [0.25, 0.3) is 0 Å². The van der Waals surface area contributed by atoms with E-state index in [0.29, 0.717) is 46.0 Å². The van der Waals surface area contributed by atoms with Crippen LogP contribution >= 0.6 is 23.2 Å². The third-order valence-corrected chi connectivity index (χ3v) is 5.22. The molecule has 1 heterocycles. The van der Waals surface area contributed by atoms with Crippen molar-refractivity contribution in [2.75, 3.05) is 25.5 Å². The Morgan fingerprint density at radius 2 is 1.70 bits per heavy atom. The summed E-state index contributed by atoms with van der Waals surface area (Å²) in [5.74, 6) is 0.178. The van der Waals surface area contributed by atoms with Gasteiger partial charge in [-0.25, -0.2) is 0 Å². The lowest BCUT2D eigenvalue weighted by Gasteiger charge is -2.19. The number of amides is 2. The van der Waals surface area contributed by atoms with Gasteiger partial charge >= 0.3 is 0 Å². The average Bonchev–Trinajstić information content (AvgIpc) is 2.81. The molecular formula is C24H23Cl2N3O4. The Morgan fingerprint density at radius 3 is 2.36 bits per heavy atom. The molecule has 0 saturated heterocycles. The fraction of sp³-hybridized carbons (Fsp3) is 0.208. The molecule has 3 rings (SSSR count). The van der Waals surface area contributed by atoms with Gasteiger partial charge in [0.05, 0.1) is 28.9 Å². The van der Waals surface area contributed by atoms with Crippen LogP contribution in [0, 0.1) is 0 Å². The lowest BCUT2D eigenvalue weighted by atomic mass is 10.1. The monoisotopic (exact) mass is 487 g/mol. The average molecular weight is 488 g/mol. The largest absolute Gasteiger partial charge is 0.490 e. The molecule has 0 fully saturated rings. The number of pyridine rings is 1. The zero-order valence-corrected chi connectivity index (χ0v) is 19.7. The SMILES string of the molecule is CCOc1cc(C(=O)N(C)CC(=O)Nc2c(Cl)cccc2Cl)ccc1OCc1ccncc1. The Hall–Kier alpha value is -3.29. The summed E-state index contributed by atoms with van der Waals surface area (Å²) in [6, 6.07) is 13.5. The second-order valence-corrected chi connectivity index (χ2v) is 7.86. The summed E-state index contributed by atoms with van der Waals surface area (Å²) < 4.78 is 11.5. The highest BCUT2D eigenvalue weighted by Crippen LogP contribution is 2.31. The molecule has 9 heteroatoms. The van der Waals surface area contributed by atoms with E-state index >= 15 is 0 Å². The third-order valence-electron chi connectivity index (χ3n) is 4.59. The molecule has 0 aliphatic carbocycles. The number of nitrogens with one attached hydrogen (secondary N) is 1. The first-order chi connectivity index (χ1) is 15.9. The summed E-state index contributed by atoms with van der Waals surface area (Å²) in [5.41, 5.74) is 1.62. The van der Waals surface area contributed by atoms with E-state index < -0.39 is 5.91 Å². The molecule has 1 N–H and O–H groups in total. The number of nitrogens with zero attached hydrogens (tertiary/aromatic N) is 2. The predicted octanol–water partition coefficient (Wildman–Crippen LogP) is 5.08. The van der Waals surface area contributed by atoms with Crippen LogP contribution in [0.4, 0.5) is 5.69 Å². The van der Waals surface area contributed by atoms with Crippen molar-refractivity contribution in [2.24, 2.45) is 0 Å². The van der Waals surface area contributed by atoms with Crippen LogP contribution < -0.4 is 14.8 Å². The molecule has 33 heavy (non-hydrogen) atoms. The van der Waals surface area contributed by atoms with Gasteiger partial charge in [-0.1, -0.05) is 29.3 Å². The number of halogens is 2. The second-order valence-electron chi connectivity index (χ2n) is 7.04. The maximum Gasteiger partial charge on any atom is 0.254 e. The minimum atomic E-state index is -0.428. The molecular weight excluding hydrogens is 465 g/mol. The van der Waals surface area contributed by atoms with E-state index in [9.17, 15) is 9.59 Å². The van der Waals surface area contributed by atoms with Gasteiger partial charge in [-0.2, -0.15) is 0 Å². The van der Waals surface area contributed by atoms with Gasteiger partial charge in [0.1, 0.15) is 6.61 Å². The Kier molecular flexibility index (Phi) is 8.52. The first-order valence-electron chi connectivity index (χ1n) is 10.2. The summed E-state index contributed by atoms with van der Waals surface area (Å²) in [6.45, 7) is 2.39. The molecule has 0 unspecified atom stereocenters. The van der Waals surface area contributed by atoms with Crippen molar-refractivity contribution in [3.8, 4) is 11.5 Å². The van der Waals surface area contributed by atoms with E-state index in [0.717, 1.165) is 5.56 Å². The van der Waals surface area contributed by atoms with Crippen molar-refractivity contribution in [3.63, 3.8) is 0 Å². The van der Waals surface area contributed by atoms with Crippen molar-refractivity contribution >= 4 is 40.7 Å². The zero-order valence-electron chi connectivity index (χ0n) is 18.2. The number of anilines is 1. The van der Waals surface area contributed by atoms with Gasteiger partial charge in [0.15, 0.2) is 11.5 Å². The summed E-state index contributed by atoms with van der Waals surface area (Å²) in [6.07, 6.45) is 3.38. The number of aromatic nitrogens is 1. The van der Waals surface area contributed by atoms with Crippen molar-refractivity contribution in [3.05, 3.63) is 82.1 Å². The molecule has 3 aromatic rings. The molecule has 0 aliphatic rings. The van der Waals surface area contributed by atoms with E-state index in [1.807, 2.05) is 19.1 Å². The minimum absolute atomic E-state index is 0.190. The number of carbonyl (C=O) groups excluding carboxylic acids is 2. The normalized spacial score (nSPS) is 10.4. The number of para-hydroxylation sites is 1. The van der Waals surface area contributed by atoms with E-state index in [4.69, 9.17) is 32.7 Å². The topological polar surface area (TPSA) is 80.8 Å². The Labute approximate surface area is 202 Å². The molecule has 0 bridgehead atoms. The number of likely N-dealkylation sites (N-methyl/N-ethyl adjacent to an activating group) is 1. The predicted molar refractivity (Wildman–Crippen MR) is 128 cm³/mol. The highest BCUT2D eigenvalue weighted by atomic mass is 35.5. The second kappa shape index (κ2) is 11.5. The Morgan fingerprint density at radius 1 is 1.00 bits per heavy atom. The zero-order chi connectivity index (χ0) is 23.8. The van der Waals surface area contributed by atoms with Gasteiger partial charge < -0.3 is 19.7 Å². The summed E-state index contributed by atoms with van der Waals surface area (Å²) in [7, 11) is 1.53. The molecule has 172 valence electrons. The molecule has 7 nitrogen and oxygen atoms in total. The van der Waals surface area contributed by atoms with Crippen molar-refractivity contribution in [1.82, 2.24) is 9.88 Å². The molecule has 1 aromatic heterocycles. The van der Waals surface area contributed by atoms with Crippen molar-refractivity contribution in [2.45, 2.75) is 13.5 Å². The first kappa shape index (κ1) is 24.4. The van der Waals surface area contributed by atoms with Crippen LogP contribution in [-0.4, -0.2) is 41.9 Å². The van der Waals surface area contributed by atoms with Gasteiger partial charge in [-0.15, -0.1) is 0 Å². The fourth-order valence-electron chi connectivity index (χ4n) is 2.97. The Bertz CT molecular complexity index is 1110. The maximum absolute atomic E-state index is 12.9. The van der Waals surface area contributed by atoms with Crippen LogP contribution in [0.15, 0.2) is 60.9 Å². The smallest absolute Gasteiger partial charge is 0.254 e. The van der Waals surface area contributed by atoms with Crippen LogP contribution in [0.2, 0.25) is 10.0 Å². The lowest BCUT2D eigenvalue weighted by molar-refractivity contribution is -0.116.